The van der Waals surface area contributed by atoms with Crippen molar-refractivity contribution in [3.05, 3.63) is 67.6 Å². The van der Waals surface area contributed by atoms with Gasteiger partial charge in [0.1, 0.15) is 0 Å². The van der Waals surface area contributed by atoms with Gasteiger partial charge in [-0.25, -0.2) is 12.7 Å². The van der Waals surface area contributed by atoms with Crippen molar-refractivity contribution in [1.82, 2.24) is 14.5 Å². The van der Waals surface area contributed by atoms with Gasteiger partial charge in [0.25, 0.3) is 0 Å². The van der Waals surface area contributed by atoms with E-state index in [-0.39, 0.29) is 18.6 Å². The highest BCUT2D eigenvalue weighted by Gasteiger charge is 2.38. The van der Waals surface area contributed by atoms with E-state index >= 15 is 0 Å². The maximum absolute atomic E-state index is 13.8. The van der Waals surface area contributed by atoms with Gasteiger partial charge in [-0.15, -0.1) is 0 Å². The summed E-state index contributed by atoms with van der Waals surface area (Å²) in [5.74, 6) is -0.285. The van der Waals surface area contributed by atoms with Gasteiger partial charge in [0.05, 0.1) is 44.4 Å². The summed E-state index contributed by atoms with van der Waals surface area (Å²) < 4.78 is 25.3. The lowest BCUT2D eigenvalue weighted by molar-refractivity contribution is -0.127. The van der Waals surface area contributed by atoms with Crippen LogP contribution in [-0.4, -0.2) is 74.2 Å². The van der Waals surface area contributed by atoms with Crippen molar-refractivity contribution in [2.24, 2.45) is 0 Å². The molecule has 0 bridgehead atoms. The number of nitrogens with zero attached hydrogens (tertiary/aromatic N) is 2. The number of sulfonamides is 1. The summed E-state index contributed by atoms with van der Waals surface area (Å²) in [6.45, 7) is 3.55. The lowest BCUT2D eigenvalue weighted by Gasteiger charge is -2.38. The first-order chi connectivity index (χ1) is 17.8. The fraction of sp³-hybridized carbons (Fsp3) is 0.500. The summed E-state index contributed by atoms with van der Waals surface area (Å²) in [5.41, 5.74) is 0.323. The maximum atomic E-state index is 13.8. The van der Waals surface area contributed by atoms with Crippen LogP contribution >= 0.6 is 46.4 Å². The molecule has 2 unspecified atom stereocenters. The first-order valence-corrected chi connectivity index (χ1v) is 15.6. The highest BCUT2D eigenvalue weighted by Crippen LogP contribution is 2.35. The van der Waals surface area contributed by atoms with E-state index in [0.29, 0.717) is 70.1 Å². The molecule has 210 valence electrons. The molecule has 3 rings (SSSR count). The van der Waals surface area contributed by atoms with Crippen molar-refractivity contribution in [2.75, 3.05) is 39.5 Å². The van der Waals surface area contributed by atoms with Crippen molar-refractivity contribution in [2.45, 2.75) is 43.7 Å². The number of piperidine rings is 1. The van der Waals surface area contributed by atoms with Gasteiger partial charge in [0, 0.05) is 13.1 Å². The third-order valence-electron chi connectivity index (χ3n) is 7.41. The lowest BCUT2D eigenvalue weighted by Crippen LogP contribution is -2.48. The zero-order chi connectivity index (χ0) is 28.3. The SMILES string of the molecule is CN(C1CCN(CCC(C)(C(=O)NC(CO)c2ccc(Cl)c(Cl)c2)c2ccc(Cl)c(Cl)c2)CC1)S(C)(=O)=O. The molecule has 7 nitrogen and oxygen atoms in total. The number of halogens is 4. The number of likely N-dealkylation sites (tertiary alicyclic amines) is 1. The Morgan fingerprint density at radius 3 is 2.18 bits per heavy atom. The molecule has 2 aromatic carbocycles. The van der Waals surface area contributed by atoms with E-state index in [1.54, 1.807) is 43.4 Å². The van der Waals surface area contributed by atoms with E-state index in [1.807, 2.05) is 6.92 Å². The summed E-state index contributed by atoms with van der Waals surface area (Å²) in [7, 11) is -1.63. The quantitative estimate of drug-likeness (QED) is 0.381. The van der Waals surface area contributed by atoms with E-state index in [9.17, 15) is 18.3 Å². The molecular weight excluding hydrogens is 592 g/mol. The van der Waals surface area contributed by atoms with E-state index in [2.05, 4.69) is 10.2 Å². The molecule has 1 heterocycles. The predicted molar refractivity (Wildman–Crippen MR) is 155 cm³/mol. The van der Waals surface area contributed by atoms with Crippen LogP contribution in [-0.2, 0) is 20.2 Å². The fourth-order valence-electron chi connectivity index (χ4n) is 4.67. The molecule has 0 saturated carbocycles. The van der Waals surface area contributed by atoms with Crippen LogP contribution in [0.5, 0.6) is 0 Å². The normalized spacial score (nSPS) is 17.8. The second-order valence-electron chi connectivity index (χ2n) is 9.95. The highest BCUT2D eigenvalue weighted by molar-refractivity contribution is 7.88. The number of amides is 1. The average molecular weight is 625 g/mol. The minimum atomic E-state index is -3.25. The first-order valence-electron chi connectivity index (χ1n) is 12.2. The maximum Gasteiger partial charge on any atom is 0.230 e. The van der Waals surface area contributed by atoms with Gasteiger partial charge in [-0.3, -0.25) is 4.79 Å². The molecule has 1 aliphatic heterocycles. The zero-order valence-corrected chi connectivity index (χ0v) is 25.4. The van der Waals surface area contributed by atoms with Crippen LogP contribution in [0.15, 0.2) is 36.4 Å². The summed E-state index contributed by atoms with van der Waals surface area (Å²) >= 11 is 24.7. The van der Waals surface area contributed by atoms with E-state index in [4.69, 9.17) is 46.4 Å². The highest BCUT2D eigenvalue weighted by atomic mass is 35.5. The Kier molecular flexibility index (Phi) is 10.8. The monoisotopic (exact) mass is 623 g/mol. The van der Waals surface area contributed by atoms with Crippen molar-refractivity contribution in [3.63, 3.8) is 0 Å². The van der Waals surface area contributed by atoms with E-state index < -0.39 is 21.5 Å². The Balaban J connectivity index is 1.79. The molecule has 0 spiro atoms. The molecule has 2 atom stereocenters. The Morgan fingerprint density at radius 2 is 1.66 bits per heavy atom. The zero-order valence-electron chi connectivity index (χ0n) is 21.6. The molecule has 2 aromatic rings. The minimum absolute atomic E-state index is 0.0393. The summed E-state index contributed by atoms with van der Waals surface area (Å²) in [6.07, 6.45) is 3.10. The van der Waals surface area contributed by atoms with Crippen molar-refractivity contribution >= 4 is 62.3 Å². The number of hydrogen-bond acceptors (Lipinski definition) is 5. The Bertz CT molecular complexity index is 1260. The molecular formula is C26H33Cl4N3O4S. The van der Waals surface area contributed by atoms with Crippen LogP contribution in [0, 0.1) is 0 Å². The Labute approximate surface area is 245 Å². The van der Waals surface area contributed by atoms with Crippen molar-refractivity contribution < 1.29 is 18.3 Å². The molecule has 2 N–H and O–H groups in total. The molecule has 1 amide bonds. The number of carbonyl (C=O) groups excluding carboxylic acids is 1. The summed E-state index contributed by atoms with van der Waals surface area (Å²) in [6, 6.07) is 9.38. The van der Waals surface area contributed by atoms with E-state index in [0.717, 1.165) is 0 Å². The number of aliphatic hydroxyl groups is 1. The third kappa shape index (κ3) is 7.55. The molecule has 0 aliphatic carbocycles. The standard InChI is InChI=1S/C26H33Cl4N3O4S/c1-26(18-5-7-21(28)23(30)15-18,10-13-33-11-8-19(9-12-33)32(2)38(3,36)37)25(35)31-24(16-34)17-4-6-20(27)22(29)14-17/h4-7,14-15,19,24,34H,8-13,16H2,1-3H3,(H,31,35). The van der Waals surface area contributed by atoms with Crippen LogP contribution in [0.1, 0.15) is 43.4 Å². The van der Waals surface area contributed by atoms with Crippen LogP contribution in [0.25, 0.3) is 0 Å². The molecule has 0 aromatic heterocycles. The van der Waals surface area contributed by atoms with Gasteiger partial charge in [0.2, 0.25) is 15.9 Å². The fourth-order valence-corrected chi connectivity index (χ4v) is 6.03. The topological polar surface area (TPSA) is 89.9 Å². The number of benzene rings is 2. The molecule has 1 saturated heterocycles. The minimum Gasteiger partial charge on any atom is -0.394 e. The van der Waals surface area contributed by atoms with Crippen molar-refractivity contribution in [1.29, 1.82) is 0 Å². The molecule has 1 aliphatic rings. The number of rotatable bonds is 10. The number of hydrogen-bond donors (Lipinski definition) is 2. The van der Waals surface area contributed by atoms with Crippen LogP contribution < -0.4 is 5.32 Å². The second-order valence-corrected chi connectivity index (χ2v) is 13.6. The van der Waals surface area contributed by atoms with Crippen molar-refractivity contribution in [3.8, 4) is 0 Å². The van der Waals surface area contributed by atoms with E-state index in [1.165, 1.54) is 10.6 Å². The Morgan fingerprint density at radius 1 is 1.08 bits per heavy atom. The number of carbonyl (C=O) groups is 1. The molecule has 12 heteroatoms. The number of nitrogens with one attached hydrogen (secondary N) is 1. The number of aliphatic hydroxyl groups excluding tert-OH is 1. The lowest BCUT2D eigenvalue weighted by atomic mass is 9.78. The van der Waals surface area contributed by atoms with Crippen LogP contribution in [0.4, 0.5) is 0 Å². The summed E-state index contributed by atoms with van der Waals surface area (Å²) in [4.78, 5) is 16.1. The van der Waals surface area contributed by atoms with Crippen LogP contribution in [0.2, 0.25) is 20.1 Å². The Hall–Kier alpha value is -1.10. The van der Waals surface area contributed by atoms with Gasteiger partial charge >= 0.3 is 0 Å². The van der Waals surface area contributed by atoms with Gasteiger partial charge in [0.15, 0.2) is 0 Å². The second kappa shape index (κ2) is 13.0. The predicted octanol–water partition coefficient (Wildman–Crippen LogP) is 5.15. The summed E-state index contributed by atoms with van der Waals surface area (Å²) in [5, 5.41) is 14.5. The molecule has 0 radical (unpaired) electrons. The third-order valence-corrected chi connectivity index (χ3v) is 10.2. The van der Waals surface area contributed by atoms with Crippen LogP contribution in [0.3, 0.4) is 0 Å². The largest absolute Gasteiger partial charge is 0.394 e. The average Bonchev–Trinajstić information content (AvgIpc) is 2.88. The van der Waals surface area contributed by atoms with Gasteiger partial charge < -0.3 is 15.3 Å². The van der Waals surface area contributed by atoms with Gasteiger partial charge in [-0.2, -0.15) is 0 Å². The smallest absolute Gasteiger partial charge is 0.230 e. The molecule has 1 fully saturated rings. The van der Waals surface area contributed by atoms with Gasteiger partial charge in [-0.05, 0) is 81.2 Å². The van der Waals surface area contributed by atoms with Gasteiger partial charge in [-0.1, -0.05) is 58.5 Å². The molecule has 38 heavy (non-hydrogen) atoms. The first kappa shape index (κ1) is 31.4.